The van der Waals surface area contributed by atoms with Crippen molar-refractivity contribution in [3.05, 3.63) is 11.6 Å². The van der Waals surface area contributed by atoms with Gasteiger partial charge in [-0.2, -0.15) is 0 Å². The fourth-order valence-corrected chi connectivity index (χ4v) is 11.8. The number of nitrogens with two attached hydrogens (primary N) is 1. The van der Waals surface area contributed by atoms with Crippen molar-refractivity contribution in [2.75, 3.05) is 0 Å². The Hall–Kier alpha value is -2.91. The van der Waals surface area contributed by atoms with Crippen molar-refractivity contribution in [3.8, 4) is 0 Å². The maximum absolute atomic E-state index is 14.7. The van der Waals surface area contributed by atoms with Crippen LogP contribution in [0.25, 0.3) is 0 Å². The SMILES string of the molecule is CC(C)(C)OC(=O)N[C@@H](CCC(N)=O)C(=O)O[C@H]1CC[C@]2(C)[C@H]3C(=O)C=C4[C@@H]5C[C@@](C)(C(=O)O)CC[C@]5(C)CC[C@@]4(C)[C@]3(C)CC[C@H]2C1(C)C. The van der Waals surface area contributed by atoms with Crippen LogP contribution in [0.5, 0.6) is 0 Å². The van der Waals surface area contributed by atoms with Crippen molar-refractivity contribution in [2.24, 2.45) is 56.0 Å². The van der Waals surface area contributed by atoms with Gasteiger partial charge in [-0.15, -0.1) is 0 Å². The summed E-state index contributed by atoms with van der Waals surface area (Å²) in [6.45, 7) is 20.6. The number of alkyl carbamates (subject to hydrolysis) is 1. The number of carbonyl (C=O) groups excluding carboxylic acids is 4. The van der Waals surface area contributed by atoms with Crippen molar-refractivity contribution in [1.29, 1.82) is 0 Å². The maximum atomic E-state index is 14.7. The lowest BCUT2D eigenvalue weighted by Crippen LogP contribution is -2.67. The second-order valence-electron chi connectivity index (χ2n) is 19.5. The van der Waals surface area contributed by atoms with Crippen LogP contribution in [0, 0.1) is 50.2 Å². The molecule has 10 heteroatoms. The van der Waals surface area contributed by atoms with E-state index in [-0.39, 0.29) is 58.0 Å². The Morgan fingerprint density at radius 2 is 1.60 bits per heavy atom. The van der Waals surface area contributed by atoms with Crippen LogP contribution in [0.15, 0.2) is 11.6 Å². The number of hydrogen-bond acceptors (Lipinski definition) is 7. The van der Waals surface area contributed by atoms with Crippen LogP contribution >= 0.6 is 0 Å². The molecule has 280 valence electrons. The third-order valence-corrected chi connectivity index (χ3v) is 14.9. The second-order valence-corrected chi connectivity index (χ2v) is 19.5. The molecule has 5 aliphatic rings. The molecule has 0 saturated heterocycles. The molecule has 0 aromatic rings. The summed E-state index contributed by atoms with van der Waals surface area (Å²) in [5.74, 6) is -1.85. The number of aliphatic carboxylic acids is 1. The average Bonchev–Trinajstić information content (AvgIpc) is 2.97. The summed E-state index contributed by atoms with van der Waals surface area (Å²) in [4.78, 5) is 65.0. The molecule has 10 nitrogen and oxygen atoms in total. The number of fused-ring (bicyclic) bond motifs is 7. The van der Waals surface area contributed by atoms with Crippen molar-refractivity contribution in [2.45, 2.75) is 158 Å². The van der Waals surface area contributed by atoms with E-state index in [2.05, 4.69) is 46.9 Å². The molecule has 4 fully saturated rings. The first-order valence-corrected chi connectivity index (χ1v) is 18.8. The molecule has 5 rings (SSSR count). The number of amides is 2. The van der Waals surface area contributed by atoms with Gasteiger partial charge in [-0.25, -0.2) is 9.59 Å². The number of allylic oxidation sites excluding steroid dienone is 2. The largest absolute Gasteiger partial charge is 0.481 e. The highest BCUT2D eigenvalue weighted by atomic mass is 16.6. The molecule has 0 unspecified atom stereocenters. The summed E-state index contributed by atoms with van der Waals surface area (Å²) < 4.78 is 11.6. The molecule has 4 N–H and O–H groups in total. The Kier molecular flexibility index (Phi) is 9.47. The Labute approximate surface area is 298 Å². The van der Waals surface area contributed by atoms with Gasteiger partial charge in [0.15, 0.2) is 5.78 Å². The van der Waals surface area contributed by atoms with Crippen LogP contribution in [0.4, 0.5) is 4.79 Å². The van der Waals surface area contributed by atoms with Crippen molar-refractivity contribution in [3.63, 3.8) is 0 Å². The highest BCUT2D eigenvalue weighted by Crippen LogP contribution is 2.75. The van der Waals surface area contributed by atoms with Crippen LogP contribution in [0.1, 0.15) is 140 Å². The number of ether oxygens (including phenoxy) is 2. The van der Waals surface area contributed by atoms with Crippen LogP contribution in [-0.2, 0) is 28.7 Å². The van der Waals surface area contributed by atoms with Crippen LogP contribution in [0.2, 0.25) is 0 Å². The monoisotopic (exact) mass is 698 g/mol. The van der Waals surface area contributed by atoms with Gasteiger partial charge >= 0.3 is 18.0 Å². The van der Waals surface area contributed by atoms with E-state index >= 15 is 0 Å². The normalized spacial score (nSPS) is 41.2. The van der Waals surface area contributed by atoms with Crippen LogP contribution < -0.4 is 11.1 Å². The Morgan fingerprint density at radius 3 is 2.20 bits per heavy atom. The Morgan fingerprint density at radius 1 is 0.960 bits per heavy atom. The second kappa shape index (κ2) is 12.4. The summed E-state index contributed by atoms with van der Waals surface area (Å²) in [7, 11) is 0. The number of nitrogens with one attached hydrogen (secondary N) is 1. The third-order valence-electron chi connectivity index (χ3n) is 14.9. The van der Waals surface area contributed by atoms with E-state index in [1.165, 1.54) is 5.57 Å². The molecular weight excluding hydrogens is 636 g/mol. The lowest BCUT2D eigenvalue weighted by Gasteiger charge is -2.70. The number of hydrogen-bond donors (Lipinski definition) is 3. The molecule has 4 saturated carbocycles. The van der Waals surface area contributed by atoms with E-state index in [1.807, 2.05) is 13.0 Å². The number of rotatable bonds is 7. The van der Waals surface area contributed by atoms with E-state index in [0.29, 0.717) is 25.7 Å². The molecular formula is C40H62N2O8. The highest BCUT2D eigenvalue weighted by Gasteiger charge is 2.70. The predicted octanol–water partition coefficient (Wildman–Crippen LogP) is 7.12. The highest BCUT2D eigenvalue weighted by molar-refractivity contribution is 5.95. The molecule has 10 atom stereocenters. The first kappa shape index (κ1) is 38.3. The molecule has 0 aromatic carbocycles. The van der Waals surface area contributed by atoms with Gasteiger partial charge < -0.3 is 25.6 Å². The van der Waals surface area contributed by atoms with Crippen LogP contribution in [-0.4, -0.2) is 52.6 Å². The first-order valence-electron chi connectivity index (χ1n) is 18.8. The van der Waals surface area contributed by atoms with Crippen molar-refractivity contribution in [1.82, 2.24) is 5.32 Å². The number of carboxylic acid groups (broad SMARTS) is 1. The van der Waals surface area contributed by atoms with E-state index in [4.69, 9.17) is 15.2 Å². The Balaban J connectivity index is 1.41. The fraction of sp³-hybridized carbons (Fsp3) is 0.825. The minimum absolute atomic E-state index is 0.00443. The molecule has 0 aromatic heterocycles. The van der Waals surface area contributed by atoms with Crippen molar-refractivity contribution < 1.29 is 38.6 Å². The zero-order valence-electron chi connectivity index (χ0n) is 32.1. The number of esters is 1. The predicted molar refractivity (Wildman–Crippen MR) is 189 cm³/mol. The van der Waals surface area contributed by atoms with Gasteiger partial charge in [0.1, 0.15) is 17.7 Å². The maximum Gasteiger partial charge on any atom is 0.408 e. The third kappa shape index (κ3) is 6.18. The molecule has 0 bridgehead atoms. The van der Waals surface area contributed by atoms with Gasteiger partial charge in [0, 0.05) is 17.8 Å². The molecule has 2 amide bonds. The van der Waals surface area contributed by atoms with Crippen molar-refractivity contribution >= 4 is 29.7 Å². The zero-order chi connectivity index (χ0) is 37.5. The van der Waals surface area contributed by atoms with Gasteiger partial charge in [-0.05, 0) is 131 Å². The number of carbonyl (C=O) groups is 5. The van der Waals surface area contributed by atoms with Crippen LogP contribution in [0.3, 0.4) is 0 Å². The lowest BCUT2D eigenvalue weighted by molar-refractivity contribution is -0.211. The zero-order valence-corrected chi connectivity index (χ0v) is 32.1. The molecule has 50 heavy (non-hydrogen) atoms. The fourth-order valence-electron chi connectivity index (χ4n) is 11.8. The smallest absolute Gasteiger partial charge is 0.408 e. The average molecular weight is 699 g/mol. The number of ketones is 1. The quantitative estimate of drug-likeness (QED) is 0.237. The minimum Gasteiger partial charge on any atom is -0.481 e. The summed E-state index contributed by atoms with van der Waals surface area (Å²) in [5.41, 5.74) is 3.64. The van der Waals surface area contributed by atoms with E-state index in [9.17, 15) is 29.1 Å². The van der Waals surface area contributed by atoms with Gasteiger partial charge in [0.2, 0.25) is 5.91 Å². The summed E-state index contributed by atoms with van der Waals surface area (Å²) in [6.07, 6.45) is 7.70. The number of primary amides is 1. The molecule has 5 aliphatic carbocycles. The van der Waals surface area contributed by atoms with E-state index in [1.54, 1.807) is 20.8 Å². The molecule has 0 spiro atoms. The van der Waals surface area contributed by atoms with Gasteiger partial charge in [-0.3, -0.25) is 14.4 Å². The number of carboxylic acids is 1. The molecule has 0 aliphatic heterocycles. The van der Waals surface area contributed by atoms with Gasteiger partial charge in [0.05, 0.1) is 5.41 Å². The van der Waals surface area contributed by atoms with Gasteiger partial charge in [-0.1, -0.05) is 47.1 Å². The lowest BCUT2D eigenvalue weighted by atomic mass is 9.33. The molecule has 0 radical (unpaired) electrons. The van der Waals surface area contributed by atoms with Gasteiger partial charge in [0.25, 0.3) is 0 Å². The van der Waals surface area contributed by atoms with E-state index < -0.39 is 52.5 Å². The summed E-state index contributed by atoms with van der Waals surface area (Å²) in [5, 5.41) is 12.8. The standard InChI is InChI=1S/C40H62N2O8/c1-34(2,3)50-33(48)42-25(11-12-29(41)44)31(45)49-28-14-15-38(8)27(35(28,4)5)13-16-40(10)30(38)26(43)21-23-24-22-37(7,32(46)47)18-17-36(24,6)19-20-39(23,40)9/h21,24-25,27-28,30H,11-20,22H2,1-10H3,(H2,41,44)(H,42,48)(H,46,47)/t24-,25-,27-,28-,30+,36+,37-,38-,39+,40+/m0/s1. The summed E-state index contributed by atoms with van der Waals surface area (Å²) in [6, 6.07) is -1.10. The topological polar surface area (TPSA) is 162 Å². The minimum atomic E-state index is -1.10. The van der Waals surface area contributed by atoms with E-state index in [0.717, 1.165) is 32.1 Å². The summed E-state index contributed by atoms with van der Waals surface area (Å²) >= 11 is 0. The molecule has 0 heterocycles. The first-order chi connectivity index (χ1) is 22.8. The Bertz CT molecular complexity index is 1480.